The molecule has 116 valence electrons. The van der Waals surface area contributed by atoms with Crippen LogP contribution in [0.15, 0.2) is 48.5 Å². The van der Waals surface area contributed by atoms with Crippen molar-refractivity contribution in [1.82, 2.24) is 0 Å². The Morgan fingerprint density at radius 1 is 1.05 bits per heavy atom. The Bertz CT molecular complexity index is 591. The van der Waals surface area contributed by atoms with Gasteiger partial charge in [-0.05, 0) is 56.2 Å². The second kappa shape index (κ2) is 8.08. The smallest absolute Gasteiger partial charge is 0.335 e. The van der Waals surface area contributed by atoms with Crippen molar-refractivity contribution < 1.29 is 14.6 Å². The number of hydrogen-bond acceptors (Lipinski definition) is 3. The first kappa shape index (κ1) is 15.9. The van der Waals surface area contributed by atoms with Gasteiger partial charge in [0, 0.05) is 12.2 Å². The highest BCUT2D eigenvalue weighted by molar-refractivity contribution is 5.87. The van der Waals surface area contributed by atoms with Gasteiger partial charge in [0.1, 0.15) is 5.75 Å². The zero-order valence-corrected chi connectivity index (χ0v) is 12.7. The fourth-order valence-corrected chi connectivity index (χ4v) is 2.01. The molecule has 0 amide bonds. The predicted octanol–water partition coefficient (Wildman–Crippen LogP) is 3.96. The molecule has 0 saturated heterocycles. The molecule has 0 atom stereocenters. The summed E-state index contributed by atoms with van der Waals surface area (Å²) in [7, 11) is 0. The van der Waals surface area contributed by atoms with Crippen molar-refractivity contribution in [2.75, 3.05) is 18.5 Å². The Balaban J connectivity index is 1.61. The van der Waals surface area contributed by atoms with Crippen molar-refractivity contribution in [3.8, 4) is 5.75 Å². The van der Waals surface area contributed by atoms with Crippen LogP contribution in [0.3, 0.4) is 0 Å². The number of aromatic carboxylic acids is 1. The monoisotopic (exact) mass is 299 g/mol. The van der Waals surface area contributed by atoms with Crippen molar-refractivity contribution in [1.29, 1.82) is 0 Å². The third kappa shape index (κ3) is 5.13. The van der Waals surface area contributed by atoms with Crippen LogP contribution in [0, 0.1) is 6.92 Å². The van der Waals surface area contributed by atoms with Crippen LogP contribution in [0.5, 0.6) is 5.75 Å². The molecule has 0 spiro atoms. The molecule has 0 aromatic heterocycles. The number of carbonyl (C=O) groups is 1. The summed E-state index contributed by atoms with van der Waals surface area (Å²) in [6, 6.07) is 14.8. The first-order valence-electron chi connectivity index (χ1n) is 7.42. The van der Waals surface area contributed by atoms with Crippen LogP contribution in [-0.4, -0.2) is 24.2 Å². The number of aryl methyl sites for hydroxylation is 1. The molecule has 22 heavy (non-hydrogen) atoms. The van der Waals surface area contributed by atoms with Crippen molar-refractivity contribution in [3.63, 3.8) is 0 Å². The molecule has 2 N–H and O–H groups in total. The van der Waals surface area contributed by atoms with Crippen LogP contribution < -0.4 is 10.1 Å². The second-order valence-corrected chi connectivity index (χ2v) is 5.18. The molecule has 0 bridgehead atoms. The lowest BCUT2D eigenvalue weighted by Gasteiger charge is -2.08. The summed E-state index contributed by atoms with van der Waals surface area (Å²) in [5, 5.41) is 12.1. The lowest BCUT2D eigenvalue weighted by Crippen LogP contribution is -2.05. The predicted molar refractivity (Wildman–Crippen MR) is 87.8 cm³/mol. The molecule has 0 aliphatic heterocycles. The zero-order valence-electron chi connectivity index (χ0n) is 12.7. The number of hydrogen-bond donors (Lipinski definition) is 2. The SMILES string of the molecule is Cc1ccc(OCCCCNc2ccc(C(=O)O)cc2)cc1. The summed E-state index contributed by atoms with van der Waals surface area (Å²) >= 11 is 0. The Morgan fingerprint density at radius 3 is 2.36 bits per heavy atom. The highest BCUT2D eigenvalue weighted by atomic mass is 16.5. The normalized spacial score (nSPS) is 10.2. The van der Waals surface area contributed by atoms with Crippen LogP contribution in [-0.2, 0) is 0 Å². The van der Waals surface area contributed by atoms with Crippen LogP contribution in [0.1, 0.15) is 28.8 Å². The van der Waals surface area contributed by atoms with E-state index in [0.717, 1.165) is 30.8 Å². The Labute approximate surface area is 130 Å². The van der Waals surface area contributed by atoms with Gasteiger partial charge in [-0.1, -0.05) is 17.7 Å². The summed E-state index contributed by atoms with van der Waals surface area (Å²) in [4.78, 5) is 10.7. The van der Waals surface area contributed by atoms with Gasteiger partial charge in [0.05, 0.1) is 12.2 Å². The topological polar surface area (TPSA) is 58.6 Å². The molecular formula is C18H21NO3. The third-order valence-electron chi connectivity index (χ3n) is 3.32. The fraction of sp³-hybridized carbons (Fsp3) is 0.278. The van der Waals surface area contributed by atoms with Gasteiger partial charge in [-0.3, -0.25) is 0 Å². The number of carboxylic acid groups (broad SMARTS) is 1. The number of carboxylic acids is 1. The van der Waals surface area contributed by atoms with Gasteiger partial charge in [-0.25, -0.2) is 4.79 Å². The van der Waals surface area contributed by atoms with E-state index >= 15 is 0 Å². The van der Waals surface area contributed by atoms with Gasteiger partial charge >= 0.3 is 5.97 Å². The maximum absolute atomic E-state index is 10.7. The van der Waals surface area contributed by atoms with Crippen LogP contribution in [0.25, 0.3) is 0 Å². The Morgan fingerprint density at radius 2 is 1.73 bits per heavy atom. The van der Waals surface area contributed by atoms with E-state index in [4.69, 9.17) is 9.84 Å². The number of rotatable bonds is 8. The molecule has 2 aromatic rings. The molecule has 0 radical (unpaired) electrons. The van der Waals surface area contributed by atoms with Gasteiger partial charge in [-0.15, -0.1) is 0 Å². The summed E-state index contributed by atoms with van der Waals surface area (Å²) in [6.45, 7) is 3.59. The van der Waals surface area contributed by atoms with Gasteiger partial charge < -0.3 is 15.2 Å². The number of ether oxygens (including phenoxy) is 1. The van der Waals surface area contributed by atoms with Crippen molar-refractivity contribution in [2.24, 2.45) is 0 Å². The summed E-state index contributed by atoms with van der Waals surface area (Å²) < 4.78 is 5.66. The van der Waals surface area contributed by atoms with E-state index in [9.17, 15) is 4.79 Å². The Hall–Kier alpha value is -2.49. The summed E-state index contributed by atoms with van der Waals surface area (Å²) in [5.41, 5.74) is 2.46. The first-order valence-corrected chi connectivity index (χ1v) is 7.42. The first-order chi connectivity index (χ1) is 10.6. The molecule has 4 heteroatoms. The zero-order chi connectivity index (χ0) is 15.8. The van der Waals surface area contributed by atoms with E-state index in [1.165, 1.54) is 5.56 Å². The van der Waals surface area contributed by atoms with Crippen molar-refractivity contribution >= 4 is 11.7 Å². The molecule has 0 heterocycles. The van der Waals surface area contributed by atoms with E-state index in [2.05, 4.69) is 12.2 Å². The minimum absolute atomic E-state index is 0.303. The van der Waals surface area contributed by atoms with E-state index in [0.29, 0.717) is 12.2 Å². The summed E-state index contributed by atoms with van der Waals surface area (Å²) in [5.74, 6) is 0.00243. The largest absolute Gasteiger partial charge is 0.494 e. The highest BCUT2D eigenvalue weighted by Crippen LogP contribution is 2.12. The molecule has 0 saturated carbocycles. The molecule has 2 rings (SSSR count). The number of unbranched alkanes of at least 4 members (excludes halogenated alkanes) is 1. The van der Waals surface area contributed by atoms with E-state index in [-0.39, 0.29) is 0 Å². The van der Waals surface area contributed by atoms with E-state index in [1.807, 2.05) is 24.3 Å². The lowest BCUT2D eigenvalue weighted by atomic mass is 10.2. The molecule has 0 aliphatic rings. The van der Waals surface area contributed by atoms with Crippen molar-refractivity contribution in [2.45, 2.75) is 19.8 Å². The average Bonchev–Trinajstić information content (AvgIpc) is 2.53. The lowest BCUT2D eigenvalue weighted by molar-refractivity contribution is 0.0697. The van der Waals surface area contributed by atoms with Crippen LogP contribution in [0.2, 0.25) is 0 Å². The van der Waals surface area contributed by atoms with E-state index in [1.54, 1.807) is 24.3 Å². The minimum Gasteiger partial charge on any atom is -0.494 e. The number of nitrogens with one attached hydrogen (secondary N) is 1. The molecule has 0 unspecified atom stereocenters. The average molecular weight is 299 g/mol. The minimum atomic E-state index is -0.903. The van der Waals surface area contributed by atoms with Gasteiger partial charge in [-0.2, -0.15) is 0 Å². The van der Waals surface area contributed by atoms with Crippen LogP contribution >= 0.6 is 0 Å². The molecule has 4 nitrogen and oxygen atoms in total. The maximum Gasteiger partial charge on any atom is 0.335 e. The molecule has 0 fully saturated rings. The highest BCUT2D eigenvalue weighted by Gasteiger charge is 2.01. The number of benzene rings is 2. The van der Waals surface area contributed by atoms with Crippen LogP contribution in [0.4, 0.5) is 5.69 Å². The second-order valence-electron chi connectivity index (χ2n) is 5.18. The van der Waals surface area contributed by atoms with Gasteiger partial charge in [0.2, 0.25) is 0 Å². The van der Waals surface area contributed by atoms with E-state index < -0.39 is 5.97 Å². The standard InChI is InChI=1S/C18H21NO3/c1-14-4-10-17(11-5-14)22-13-3-2-12-19-16-8-6-15(7-9-16)18(20)21/h4-11,19H,2-3,12-13H2,1H3,(H,20,21). The molecule has 0 aliphatic carbocycles. The number of anilines is 1. The maximum atomic E-state index is 10.7. The third-order valence-corrected chi connectivity index (χ3v) is 3.32. The quantitative estimate of drug-likeness (QED) is 0.724. The summed E-state index contributed by atoms with van der Waals surface area (Å²) in [6.07, 6.45) is 1.96. The van der Waals surface area contributed by atoms with Gasteiger partial charge in [0.15, 0.2) is 0 Å². The molecule has 2 aromatic carbocycles. The van der Waals surface area contributed by atoms with Gasteiger partial charge in [0.25, 0.3) is 0 Å². The Kier molecular flexibility index (Phi) is 5.83. The molecular weight excluding hydrogens is 278 g/mol. The van der Waals surface area contributed by atoms with Crippen molar-refractivity contribution in [3.05, 3.63) is 59.7 Å². The fourth-order valence-electron chi connectivity index (χ4n) is 2.01.